The summed E-state index contributed by atoms with van der Waals surface area (Å²) < 4.78 is 0. The van der Waals surface area contributed by atoms with E-state index in [9.17, 15) is 0 Å². The third kappa shape index (κ3) is 4.59. The molecule has 0 aliphatic rings. The maximum atomic E-state index is 2.49. The summed E-state index contributed by atoms with van der Waals surface area (Å²) in [5.41, 5.74) is 12.8. The molecule has 4 rings (SSSR count). The maximum absolute atomic E-state index is 2.49. The standard InChI is InChI=1S/C32H35N/c1-22-12-8-10-14-28(22)26-16-18-30(24(3)20-26)33(32(5,6)7)31-19-17-27(21-25(31)4)29-15-11-9-13-23(29)2/h8-21H,1-7H3. The van der Waals surface area contributed by atoms with E-state index in [-0.39, 0.29) is 5.54 Å². The highest BCUT2D eigenvalue weighted by Crippen LogP contribution is 2.40. The smallest absolute Gasteiger partial charge is 0.0445 e. The van der Waals surface area contributed by atoms with E-state index in [0.29, 0.717) is 0 Å². The summed E-state index contributed by atoms with van der Waals surface area (Å²) in [6, 6.07) is 31.0. The van der Waals surface area contributed by atoms with Crippen molar-refractivity contribution in [3.8, 4) is 22.3 Å². The zero-order chi connectivity index (χ0) is 23.8. The van der Waals surface area contributed by atoms with Gasteiger partial charge in [-0.2, -0.15) is 0 Å². The Morgan fingerprint density at radius 2 is 0.879 bits per heavy atom. The number of hydrogen-bond acceptors (Lipinski definition) is 1. The van der Waals surface area contributed by atoms with Crippen LogP contribution in [0, 0.1) is 27.7 Å². The van der Waals surface area contributed by atoms with Gasteiger partial charge in [0, 0.05) is 16.9 Å². The monoisotopic (exact) mass is 433 g/mol. The van der Waals surface area contributed by atoms with Crippen LogP contribution in [0.4, 0.5) is 11.4 Å². The summed E-state index contributed by atoms with van der Waals surface area (Å²) in [4.78, 5) is 2.49. The van der Waals surface area contributed by atoms with Crippen LogP contribution >= 0.6 is 0 Å². The highest BCUT2D eigenvalue weighted by atomic mass is 15.2. The Morgan fingerprint density at radius 3 is 1.21 bits per heavy atom. The summed E-state index contributed by atoms with van der Waals surface area (Å²) >= 11 is 0. The van der Waals surface area contributed by atoms with Crippen LogP contribution in [0.1, 0.15) is 43.0 Å². The predicted octanol–water partition coefficient (Wildman–Crippen LogP) is 9.19. The normalized spacial score (nSPS) is 11.5. The first-order valence-electron chi connectivity index (χ1n) is 11.8. The molecule has 0 aliphatic carbocycles. The average molecular weight is 434 g/mol. The second-order valence-electron chi connectivity index (χ2n) is 10.1. The maximum Gasteiger partial charge on any atom is 0.0445 e. The summed E-state index contributed by atoms with van der Waals surface area (Å²) in [5, 5.41) is 0. The van der Waals surface area contributed by atoms with Crippen molar-refractivity contribution in [1.82, 2.24) is 0 Å². The van der Waals surface area contributed by atoms with E-state index in [1.807, 2.05) is 0 Å². The molecule has 0 unspecified atom stereocenters. The van der Waals surface area contributed by atoms with Gasteiger partial charge in [-0.25, -0.2) is 0 Å². The Labute approximate surface area is 199 Å². The van der Waals surface area contributed by atoms with Crippen LogP contribution in [-0.4, -0.2) is 5.54 Å². The molecule has 0 heterocycles. The molecule has 0 saturated heterocycles. The Bertz CT molecular complexity index is 1200. The molecule has 33 heavy (non-hydrogen) atoms. The molecule has 4 aromatic carbocycles. The van der Waals surface area contributed by atoms with Gasteiger partial charge in [0.2, 0.25) is 0 Å². The van der Waals surface area contributed by atoms with Crippen molar-refractivity contribution in [2.75, 3.05) is 4.90 Å². The second-order valence-corrected chi connectivity index (χ2v) is 10.1. The third-order valence-corrected chi connectivity index (χ3v) is 6.46. The van der Waals surface area contributed by atoms with Crippen molar-refractivity contribution >= 4 is 11.4 Å². The minimum atomic E-state index is -0.0656. The molecule has 0 atom stereocenters. The van der Waals surface area contributed by atoms with Crippen molar-refractivity contribution in [3.63, 3.8) is 0 Å². The van der Waals surface area contributed by atoms with Gasteiger partial charge in [-0.3, -0.25) is 0 Å². The van der Waals surface area contributed by atoms with Crippen molar-refractivity contribution in [2.24, 2.45) is 0 Å². The molecule has 0 radical (unpaired) electrons. The van der Waals surface area contributed by atoms with E-state index >= 15 is 0 Å². The molecule has 0 amide bonds. The number of hydrogen-bond donors (Lipinski definition) is 0. The molecule has 0 spiro atoms. The van der Waals surface area contributed by atoms with Crippen LogP contribution in [0.2, 0.25) is 0 Å². The van der Waals surface area contributed by atoms with Gasteiger partial charge in [0.25, 0.3) is 0 Å². The number of benzene rings is 4. The minimum Gasteiger partial charge on any atom is -0.336 e. The van der Waals surface area contributed by atoms with Crippen molar-refractivity contribution in [2.45, 2.75) is 54.0 Å². The van der Waals surface area contributed by atoms with Gasteiger partial charge >= 0.3 is 0 Å². The molecule has 1 nitrogen and oxygen atoms in total. The van der Waals surface area contributed by atoms with Crippen LogP contribution in [0.15, 0.2) is 84.9 Å². The zero-order valence-electron chi connectivity index (χ0n) is 21.0. The highest BCUT2D eigenvalue weighted by molar-refractivity contribution is 5.78. The van der Waals surface area contributed by atoms with Crippen LogP contribution in [-0.2, 0) is 0 Å². The number of nitrogens with zero attached hydrogens (tertiary/aromatic N) is 1. The van der Waals surface area contributed by atoms with Crippen LogP contribution in [0.3, 0.4) is 0 Å². The van der Waals surface area contributed by atoms with E-state index in [4.69, 9.17) is 0 Å². The molecule has 0 aliphatic heterocycles. The largest absolute Gasteiger partial charge is 0.336 e. The predicted molar refractivity (Wildman–Crippen MR) is 145 cm³/mol. The second kappa shape index (κ2) is 8.90. The molecular weight excluding hydrogens is 398 g/mol. The number of anilines is 2. The molecule has 0 bridgehead atoms. The van der Waals surface area contributed by atoms with Gasteiger partial charge in [0.15, 0.2) is 0 Å². The van der Waals surface area contributed by atoms with E-state index < -0.39 is 0 Å². The fourth-order valence-electron chi connectivity index (χ4n) is 4.79. The summed E-state index contributed by atoms with van der Waals surface area (Å²) in [6.45, 7) is 15.7. The van der Waals surface area contributed by atoms with Crippen molar-refractivity contribution in [1.29, 1.82) is 0 Å². The third-order valence-electron chi connectivity index (χ3n) is 6.46. The molecule has 1 heteroatoms. The van der Waals surface area contributed by atoms with Gasteiger partial charge in [-0.05, 0) is 117 Å². The summed E-state index contributed by atoms with van der Waals surface area (Å²) in [7, 11) is 0. The topological polar surface area (TPSA) is 3.24 Å². The fraction of sp³-hybridized carbons (Fsp3) is 0.250. The molecule has 0 N–H and O–H groups in total. The molecule has 168 valence electrons. The van der Waals surface area contributed by atoms with Gasteiger partial charge in [-0.15, -0.1) is 0 Å². The van der Waals surface area contributed by atoms with Crippen LogP contribution in [0.25, 0.3) is 22.3 Å². The lowest BCUT2D eigenvalue weighted by Crippen LogP contribution is -2.38. The van der Waals surface area contributed by atoms with Gasteiger partial charge in [-0.1, -0.05) is 60.7 Å². The minimum absolute atomic E-state index is 0.0656. The van der Waals surface area contributed by atoms with Crippen molar-refractivity contribution < 1.29 is 0 Å². The first-order chi connectivity index (χ1) is 15.7. The van der Waals surface area contributed by atoms with E-state index in [1.165, 1.54) is 55.9 Å². The molecule has 4 aromatic rings. The van der Waals surface area contributed by atoms with E-state index in [1.54, 1.807) is 0 Å². The van der Waals surface area contributed by atoms with Gasteiger partial charge < -0.3 is 4.90 Å². The summed E-state index contributed by atoms with van der Waals surface area (Å²) in [5.74, 6) is 0. The molecule has 0 aromatic heterocycles. The van der Waals surface area contributed by atoms with Crippen molar-refractivity contribution in [3.05, 3.63) is 107 Å². The fourth-order valence-corrected chi connectivity index (χ4v) is 4.79. The first kappa shape index (κ1) is 22.9. The Kier molecular flexibility index (Phi) is 6.17. The lowest BCUT2D eigenvalue weighted by Gasteiger charge is -2.40. The molecular formula is C32H35N. The lowest BCUT2D eigenvalue weighted by atomic mass is 9.94. The highest BCUT2D eigenvalue weighted by Gasteiger charge is 2.26. The summed E-state index contributed by atoms with van der Waals surface area (Å²) in [6.07, 6.45) is 0. The van der Waals surface area contributed by atoms with Crippen LogP contribution < -0.4 is 4.90 Å². The van der Waals surface area contributed by atoms with Crippen LogP contribution in [0.5, 0.6) is 0 Å². The Hall–Kier alpha value is -3.32. The zero-order valence-corrected chi connectivity index (χ0v) is 21.0. The Morgan fingerprint density at radius 1 is 0.485 bits per heavy atom. The molecule has 0 saturated carbocycles. The number of rotatable bonds is 4. The van der Waals surface area contributed by atoms with Gasteiger partial charge in [0.1, 0.15) is 0 Å². The van der Waals surface area contributed by atoms with Gasteiger partial charge in [0.05, 0.1) is 0 Å². The Balaban J connectivity index is 1.79. The average Bonchev–Trinajstić information content (AvgIpc) is 2.76. The quantitative estimate of drug-likeness (QED) is 0.310. The van der Waals surface area contributed by atoms with E-state index in [2.05, 4.69) is 138 Å². The molecule has 0 fully saturated rings. The van der Waals surface area contributed by atoms with E-state index in [0.717, 1.165) is 0 Å². The first-order valence-corrected chi connectivity index (χ1v) is 11.8. The number of aryl methyl sites for hydroxylation is 4. The SMILES string of the molecule is Cc1ccccc1-c1ccc(N(c2ccc(-c3ccccc3C)cc2C)C(C)(C)C)c(C)c1. The lowest BCUT2D eigenvalue weighted by molar-refractivity contribution is 0.558.